The van der Waals surface area contributed by atoms with Crippen molar-refractivity contribution in [2.45, 2.75) is 30.8 Å². The minimum absolute atomic E-state index is 0. The van der Waals surface area contributed by atoms with E-state index in [1.165, 1.54) is 4.31 Å². The summed E-state index contributed by atoms with van der Waals surface area (Å²) in [5.41, 5.74) is 0. The molecule has 0 bridgehead atoms. The zero-order chi connectivity index (χ0) is 13.2. The summed E-state index contributed by atoms with van der Waals surface area (Å²) < 4.78 is 27.9. The second-order valence-electron chi connectivity index (χ2n) is 4.58. The van der Waals surface area contributed by atoms with E-state index >= 15 is 0 Å². The Morgan fingerprint density at radius 3 is 2.84 bits per heavy atom. The Morgan fingerprint density at radius 1 is 1.47 bits per heavy atom. The van der Waals surface area contributed by atoms with Crippen molar-refractivity contribution in [2.75, 3.05) is 27.2 Å². The number of rotatable bonds is 5. The molecule has 0 amide bonds. The van der Waals surface area contributed by atoms with Gasteiger partial charge in [-0.25, -0.2) is 13.4 Å². The number of aryl methyl sites for hydroxylation is 2. The number of hydrogen-bond donors (Lipinski definition) is 1. The number of hydrogen-bond acceptors (Lipinski definition) is 4. The quantitative estimate of drug-likeness (QED) is 0.859. The van der Waals surface area contributed by atoms with Gasteiger partial charge < -0.3 is 9.88 Å². The maximum Gasteiger partial charge on any atom is 0.261 e. The van der Waals surface area contributed by atoms with E-state index in [0.29, 0.717) is 13.1 Å². The first kappa shape index (κ1) is 16.4. The molecule has 0 aromatic carbocycles. The molecule has 1 aromatic heterocycles. The molecule has 0 unspecified atom stereocenters. The summed E-state index contributed by atoms with van der Waals surface area (Å²) in [7, 11) is -0.0542. The number of imidazole rings is 1. The van der Waals surface area contributed by atoms with Crippen molar-refractivity contribution < 1.29 is 8.42 Å². The van der Waals surface area contributed by atoms with E-state index in [1.807, 2.05) is 4.57 Å². The highest BCUT2D eigenvalue weighted by molar-refractivity contribution is 7.89. The van der Waals surface area contributed by atoms with Crippen LogP contribution in [0.2, 0.25) is 0 Å². The first-order valence-corrected chi connectivity index (χ1v) is 7.66. The van der Waals surface area contributed by atoms with Gasteiger partial charge in [-0.2, -0.15) is 4.31 Å². The van der Waals surface area contributed by atoms with E-state index in [0.717, 1.165) is 31.6 Å². The third-order valence-electron chi connectivity index (χ3n) is 3.24. The van der Waals surface area contributed by atoms with Crippen molar-refractivity contribution in [3.8, 4) is 0 Å². The molecule has 0 radical (unpaired) electrons. The Balaban J connectivity index is 0.00000180. The van der Waals surface area contributed by atoms with Gasteiger partial charge in [-0.1, -0.05) is 0 Å². The molecule has 6 nitrogen and oxygen atoms in total. The van der Waals surface area contributed by atoms with Gasteiger partial charge in [0.1, 0.15) is 5.82 Å². The van der Waals surface area contributed by atoms with Gasteiger partial charge in [0.05, 0.1) is 0 Å². The molecule has 0 aliphatic carbocycles. The van der Waals surface area contributed by atoms with Gasteiger partial charge in [0, 0.05) is 39.3 Å². The summed E-state index contributed by atoms with van der Waals surface area (Å²) in [5.74, 6) is 0.891. The van der Waals surface area contributed by atoms with Crippen LogP contribution in [0.5, 0.6) is 0 Å². The van der Waals surface area contributed by atoms with Gasteiger partial charge in [0.25, 0.3) is 10.0 Å². The third kappa shape index (κ3) is 3.47. The number of sulfonamides is 1. The van der Waals surface area contributed by atoms with Gasteiger partial charge in [0.15, 0.2) is 5.03 Å². The Morgan fingerprint density at radius 2 is 2.21 bits per heavy atom. The smallest absolute Gasteiger partial charge is 0.261 e. The second-order valence-corrected chi connectivity index (χ2v) is 6.57. The highest BCUT2D eigenvalue weighted by Crippen LogP contribution is 2.19. The van der Waals surface area contributed by atoms with Gasteiger partial charge in [0.2, 0.25) is 0 Å². The molecule has 1 aliphatic rings. The van der Waals surface area contributed by atoms with Gasteiger partial charge in [-0.3, -0.25) is 0 Å². The van der Waals surface area contributed by atoms with Gasteiger partial charge >= 0.3 is 0 Å². The summed E-state index contributed by atoms with van der Waals surface area (Å²) in [6.07, 6.45) is 4.72. The average Bonchev–Trinajstić information content (AvgIpc) is 2.80. The Bertz CT molecular complexity index is 491. The highest BCUT2D eigenvalue weighted by Gasteiger charge is 2.25. The van der Waals surface area contributed by atoms with E-state index in [4.69, 9.17) is 0 Å². The molecular formula is C11H21ClN4O2S. The Kier molecular flexibility index (Phi) is 5.79. The van der Waals surface area contributed by atoms with Gasteiger partial charge in [-0.15, -0.1) is 12.4 Å². The molecule has 1 aromatic rings. The predicted octanol–water partition coefficient (Wildman–Crippen LogP) is 0.481. The predicted molar refractivity (Wildman–Crippen MR) is 76.2 cm³/mol. The number of fused-ring (bicyclic) bond motifs is 1. The molecular weight excluding hydrogens is 288 g/mol. The molecule has 0 saturated heterocycles. The van der Waals surface area contributed by atoms with Crippen molar-refractivity contribution in [1.29, 1.82) is 0 Å². The zero-order valence-corrected chi connectivity index (χ0v) is 12.9. The number of aromatic nitrogens is 2. The minimum atomic E-state index is -3.44. The molecule has 1 aliphatic heterocycles. The number of halogens is 1. The lowest BCUT2D eigenvalue weighted by Crippen LogP contribution is -2.33. The fourth-order valence-corrected chi connectivity index (χ4v) is 3.19. The number of nitrogens with zero attached hydrogens (tertiary/aromatic N) is 3. The SMILES string of the molecule is CNCCN(C)S(=O)(=O)c1cn2c(n1)CCCC2.Cl. The van der Waals surface area contributed by atoms with Crippen LogP contribution in [0.3, 0.4) is 0 Å². The molecule has 110 valence electrons. The summed E-state index contributed by atoms with van der Waals surface area (Å²) in [4.78, 5) is 4.26. The van der Waals surface area contributed by atoms with Crippen molar-refractivity contribution in [1.82, 2.24) is 19.2 Å². The first-order chi connectivity index (χ1) is 8.55. The first-order valence-electron chi connectivity index (χ1n) is 6.22. The van der Waals surface area contributed by atoms with Crippen molar-refractivity contribution in [2.24, 2.45) is 0 Å². The van der Waals surface area contributed by atoms with E-state index in [-0.39, 0.29) is 17.4 Å². The van der Waals surface area contributed by atoms with Crippen LogP contribution in [0.1, 0.15) is 18.7 Å². The van der Waals surface area contributed by atoms with Gasteiger partial charge in [-0.05, 0) is 19.9 Å². The number of likely N-dealkylation sites (N-methyl/N-ethyl adjacent to an activating group) is 2. The van der Waals surface area contributed by atoms with E-state index in [2.05, 4.69) is 10.3 Å². The van der Waals surface area contributed by atoms with Crippen molar-refractivity contribution in [3.05, 3.63) is 12.0 Å². The summed E-state index contributed by atoms with van der Waals surface area (Å²) in [5, 5.41) is 3.12. The maximum absolute atomic E-state index is 12.3. The molecule has 2 heterocycles. The lowest BCUT2D eigenvalue weighted by atomic mass is 10.2. The average molecular weight is 309 g/mol. The highest BCUT2D eigenvalue weighted by atomic mass is 35.5. The number of nitrogens with one attached hydrogen (secondary N) is 1. The van der Waals surface area contributed by atoms with Crippen LogP contribution in [-0.2, 0) is 23.0 Å². The molecule has 19 heavy (non-hydrogen) atoms. The monoisotopic (exact) mass is 308 g/mol. The maximum atomic E-state index is 12.3. The van der Waals surface area contributed by atoms with Crippen LogP contribution in [-0.4, -0.2) is 49.5 Å². The Hall–Kier alpha value is -0.630. The molecule has 0 atom stereocenters. The second kappa shape index (κ2) is 6.69. The lowest BCUT2D eigenvalue weighted by Gasteiger charge is -2.14. The fourth-order valence-electron chi connectivity index (χ4n) is 2.06. The van der Waals surface area contributed by atoms with Crippen LogP contribution in [0, 0.1) is 0 Å². The molecule has 8 heteroatoms. The molecule has 0 spiro atoms. The molecule has 0 saturated carbocycles. The van der Waals surface area contributed by atoms with Crippen LogP contribution in [0.25, 0.3) is 0 Å². The van der Waals surface area contributed by atoms with E-state index in [1.54, 1.807) is 20.3 Å². The largest absolute Gasteiger partial charge is 0.333 e. The Labute approximate surface area is 120 Å². The molecule has 2 rings (SSSR count). The molecule has 1 N–H and O–H groups in total. The summed E-state index contributed by atoms with van der Waals surface area (Å²) in [6, 6.07) is 0. The summed E-state index contributed by atoms with van der Waals surface area (Å²) in [6.45, 7) is 1.95. The van der Waals surface area contributed by atoms with Crippen LogP contribution < -0.4 is 5.32 Å². The standard InChI is InChI=1S/C11H20N4O2S.ClH/c1-12-6-8-14(2)18(16,17)11-9-15-7-4-3-5-10(15)13-11;/h9,12H,3-8H2,1-2H3;1H. The molecule has 0 fully saturated rings. The fraction of sp³-hybridized carbons (Fsp3) is 0.727. The van der Waals surface area contributed by atoms with Crippen LogP contribution in [0.15, 0.2) is 11.2 Å². The third-order valence-corrected chi connectivity index (χ3v) is 4.97. The topological polar surface area (TPSA) is 67.2 Å². The zero-order valence-electron chi connectivity index (χ0n) is 11.3. The minimum Gasteiger partial charge on any atom is -0.333 e. The normalized spacial score (nSPS) is 15.1. The van der Waals surface area contributed by atoms with E-state index in [9.17, 15) is 8.42 Å². The van der Waals surface area contributed by atoms with Crippen molar-refractivity contribution >= 4 is 22.4 Å². The van der Waals surface area contributed by atoms with E-state index < -0.39 is 10.0 Å². The van der Waals surface area contributed by atoms with Crippen LogP contribution in [0.4, 0.5) is 0 Å². The lowest BCUT2D eigenvalue weighted by molar-refractivity contribution is 0.463. The summed E-state index contributed by atoms with van der Waals surface area (Å²) >= 11 is 0. The van der Waals surface area contributed by atoms with Crippen LogP contribution >= 0.6 is 12.4 Å². The van der Waals surface area contributed by atoms with Crippen molar-refractivity contribution in [3.63, 3.8) is 0 Å².